The molecule has 0 bridgehead atoms. The summed E-state index contributed by atoms with van der Waals surface area (Å²) in [5.74, 6) is 0.227. The Hall–Kier alpha value is -1.25. The second-order valence-electron chi connectivity index (χ2n) is 9.56. The number of benzene rings is 1. The van der Waals surface area contributed by atoms with Crippen LogP contribution in [0.1, 0.15) is 84.1 Å². The zero-order valence-corrected chi connectivity index (χ0v) is 20.7. The highest BCUT2D eigenvalue weighted by Gasteiger charge is 2.28. The van der Waals surface area contributed by atoms with Gasteiger partial charge in [-0.3, -0.25) is 4.79 Å². The van der Waals surface area contributed by atoms with Crippen molar-refractivity contribution in [3.8, 4) is 0 Å². The van der Waals surface area contributed by atoms with Gasteiger partial charge in [0.25, 0.3) is 0 Å². The van der Waals surface area contributed by atoms with E-state index in [9.17, 15) is 21.6 Å². The molecule has 0 aliphatic heterocycles. The molecule has 1 aliphatic carbocycles. The predicted molar refractivity (Wildman–Crippen MR) is 124 cm³/mol. The molecule has 2 rings (SSSR count). The fourth-order valence-electron chi connectivity index (χ4n) is 3.71. The molecule has 0 spiro atoms. The summed E-state index contributed by atoms with van der Waals surface area (Å²) in [6.45, 7) is 5.11. The SMILES string of the molecule is CC(C)(C)S(=O)(=O)CCCCCC(=O)Cc1ccc(S(=O)(=O)NC2CCCCC2)cc1. The number of sulfonamides is 1. The van der Waals surface area contributed by atoms with E-state index in [2.05, 4.69) is 4.72 Å². The first kappa shape index (κ1) is 26.0. The average molecular weight is 472 g/mol. The highest BCUT2D eigenvalue weighted by molar-refractivity contribution is 7.92. The molecular formula is C23H37NO5S2. The van der Waals surface area contributed by atoms with Crippen LogP contribution in [0.15, 0.2) is 29.2 Å². The van der Waals surface area contributed by atoms with Crippen LogP contribution in [0, 0.1) is 0 Å². The number of hydrogen-bond donors (Lipinski definition) is 1. The largest absolute Gasteiger partial charge is 0.299 e. The predicted octanol–water partition coefficient (Wildman–Crippen LogP) is 4.18. The molecule has 1 aliphatic rings. The summed E-state index contributed by atoms with van der Waals surface area (Å²) in [4.78, 5) is 12.5. The molecule has 0 unspecified atom stereocenters. The first-order valence-electron chi connectivity index (χ1n) is 11.3. The molecule has 1 aromatic carbocycles. The van der Waals surface area contributed by atoms with Crippen molar-refractivity contribution in [2.75, 3.05) is 5.75 Å². The highest BCUT2D eigenvalue weighted by Crippen LogP contribution is 2.21. The number of hydrogen-bond acceptors (Lipinski definition) is 5. The lowest BCUT2D eigenvalue weighted by Gasteiger charge is -2.22. The lowest BCUT2D eigenvalue weighted by molar-refractivity contribution is -0.118. The topological polar surface area (TPSA) is 97.4 Å². The Kier molecular flexibility index (Phi) is 9.27. The van der Waals surface area contributed by atoms with E-state index in [1.807, 2.05) is 0 Å². The number of ketones is 1. The van der Waals surface area contributed by atoms with Crippen molar-refractivity contribution in [3.63, 3.8) is 0 Å². The maximum atomic E-state index is 12.5. The van der Waals surface area contributed by atoms with Crippen molar-refractivity contribution in [3.05, 3.63) is 29.8 Å². The molecule has 0 radical (unpaired) electrons. The van der Waals surface area contributed by atoms with E-state index in [1.165, 1.54) is 0 Å². The van der Waals surface area contributed by atoms with Gasteiger partial charge in [-0.05, 0) is 64.2 Å². The molecule has 0 amide bonds. The summed E-state index contributed by atoms with van der Waals surface area (Å²) >= 11 is 0. The summed E-state index contributed by atoms with van der Waals surface area (Å²) in [6, 6.07) is 6.53. The van der Waals surface area contributed by atoms with E-state index in [0.29, 0.717) is 25.7 Å². The Bertz CT molecular complexity index is 923. The first-order valence-corrected chi connectivity index (χ1v) is 14.4. The molecule has 1 saturated carbocycles. The van der Waals surface area contributed by atoms with Gasteiger partial charge in [0.2, 0.25) is 10.0 Å². The van der Waals surface area contributed by atoms with E-state index < -0.39 is 24.6 Å². The van der Waals surface area contributed by atoms with E-state index in [4.69, 9.17) is 0 Å². The van der Waals surface area contributed by atoms with Crippen molar-refractivity contribution < 1.29 is 21.6 Å². The molecule has 1 aromatic rings. The van der Waals surface area contributed by atoms with Gasteiger partial charge in [0.05, 0.1) is 15.4 Å². The van der Waals surface area contributed by atoms with Gasteiger partial charge in [-0.15, -0.1) is 0 Å². The Morgan fingerprint density at radius 1 is 0.935 bits per heavy atom. The van der Waals surface area contributed by atoms with Gasteiger partial charge in [0, 0.05) is 18.9 Å². The van der Waals surface area contributed by atoms with Crippen LogP contribution in [0.4, 0.5) is 0 Å². The summed E-state index contributed by atoms with van der Waals surface area (Å²) < 4.78 is 51.3. The van der Waals surface area contributed by atoms with Crippen LogP contribution < -0.4 is 4.72 Å². The second kappa shape index (κ2) is 11.1. The van der Waals surface area contributed by atoms with Gasteiger partial charge in [-0.2, -0.15) is 0 Å². The maximum Gasteiger partial charge on any atom is 0.240 e. The Balaban J connectivity index is 1.76. The second-order valence-corrected chi connectivity index (χ2v) is 14.1. The molecule has 0 heterocycles. The minimum atomic E-state index is -3.53. The normalized spacial score (nSPS) is 16.4. The van der Waals surface area contributed by atoms with E-state index in [0.717, 1.165) is 37.7 Å². The molecular weight excluding hydrogens is 434 g/mol. The monoisotopic (exact) mass is 471 g/mol. The third-order valence-corrected chi connectivity index (χ3v) is 10.1. The molecule has 176 valence electrons. The lowest BCUT2D eigenvalue weighted by atomic mass is 9.96. The molecule has 1 fully saturated rings. The fourth-order valence-corrected chi connectivity index (χ4v) is 6.21. The van der Waals surface area contributed by atoms with Crippen LogP contribution >= 0.6 is 0 Å². The molecule has 0 aromatic heterocycles. The fraction of sp³-hybridized carbons (Fsp3) is 0.696. The van der Waals surface area contributed by atoms with Gasteiger partial charge < -0.3 is 0 Å². The minimum Gasteiger partial charge on any atom is -0.299 e. The lowest BCUT2D eigenvalue weighted by Crippen LogP contribution is -2.36. The summed E-state index contributed by atoms with van der Waals surface area (Å²) in [5.41, 5.74) is 0.789. The van der Waals surface area contributed by atoms with Crippen LogP contribution in [0.25, 0.3) is 0 Å². The van der Waals surface area contributed by atoms with Gasteiger partial charge in [0.1, 0.15) is 5.78 Å². The van der Waals surface area contributed by atoms with Gasteiger partial charge in [0.15, 0.2) is 9.84 Å². The Morgan fingerprint density at radius 3 is 2.13 bits per heavy atom. The number of unbranched alkanes of at least 4 members (excludes halogenated alkanes) is 2. The zero-order valence-electron chi connectivity index (χ0n) is 19.0. The van der Waals surface area contributed by atoms with Crippen molar-refractivity contribution in [2.45, 2.75) is 101 Å². The molecule has 1 N–H and O–H groups in total. The summed E-state index contributed by atoms with van der Waals surface area (Å²) in [5, 5.41) is 0. The number of nitrogens with one attached hydrogen (secondary N) is 1. The molecule has 31 heavy (non-hydrogen) atoms. The van der Waals surface area contributed by atoms with Crippen LogP contribution in [0.5, 0.6) is 0 Å². The van der Waals surface area contributed by atoms with Gasteiger partial charge in [-0.1, -0.05) is 37.8 Å². The minimum absolute atomic E-state index is 0.0124. The zero-order chi connectivity index (χ0) is 23.1. The Labute approximate surface area is 188 Å². The standard InChI is InChI=1S/C23H37NO5S2/c1-23(2,3)30(26,27)17-9-5-8-12-21(25)18-19-13-15-22(16-14-19)31(28,29)24-20-10-6-4-7-11-20/h13-16,20,24H,4-12,17-18H2,1-3H3. The van der Waals surface area contributed by atoms with E-state index in [1.54, 1.807) is 45.0 Å². The number of Topliss-reactive ketones (excluding diaryl/α,β-unsaturated/α-hetero) is 1. The van der Waals surface area contributed by atoms with E-state index >= 15 is 0 Å². The summed E-state index contributed by atoms with van der Waals surface area (Å²) in [6.07, 6.45) is 7.63. The first-order chi connectivity index (χ1) is 14.4. The summed E-state index contributed by atoms with van der Waals surface area (Å²) in [7, 11) is -6.64. The smallest absolute Gasteiger partial charge is 0.240 e. The van der Waals surface area contributed by atoms with Gasteiger partial charge in [-0.25, -0.2) is 21.6 Å². The van der Waals surface area contributed by atoms with E-state index in [-0.39, 0.29) is 28.9 Å². The average Bonchev–Trinajstić information content (AvgIpc) is 2.67. The third kappa shape index (κ3) is 8.31. The number of sulfone groups is 1. The molecule has 6 nitrogen and oxygen atoms in total. The molecule has 8 heteroatoms. The Morgan fingerprint density at radius 2 is 1.55 bits per heavy atom. The quantitative estimate of drug-likeness (QED) is 0.488. The number of rotatable bonds is 11. The van der Waals surface area contributed by atoms with Crippen molar-refractivity contribution >= 4 is 25.6 Å². The van der Waals surface area contributed by atoms with Crippen LogP contribution in [-0.4, -0.2) is 39.2 Å². The molecule has 0 atom stereocenters. The van der Waals surface area contributed by atoms with Crippen LogP contribution in [0.3, 0.4) is 0 Å². The third-order valence-electron chi connectivity index (χ3n) is 5.86. The van der Waals surface area contributed by atoms with Crippen LogP contribution in [0.2, 0.25) is 0 Å². The van der Waals surface area contributed by atoms with Crippen molar-refractivity contribution in [2.24, 2.45) is 0 Å². The van der Waals surface area contributed by atoms with Crippen molar-refractivity contribution in [1.82, 2.24) is 4.72 Å². The van der Waals surface area contributed by atoms with Crippen LogP contribution in [-0.2, 0) is 31.1 Å². The maximum absolute atomic E-state index is 12.5. The number of carbonyl (C=O) groups is 1. The number of carbonyl (C=O) groups excluding carboxylic acids is 1. The van der Waals surface area contributed by atoms with Gasteiger partial charge >= 0.3 is 0 Å². The highest BCUT2D eigenvalue weighted by atomic mass is 32.2. The molecule has 0 saturated heterocycles. The van der Waals surface area contributed by atoms with Crippen molar-refractivity contribution in [1.29, 1.82) is 0 Å².